The fourth-order valence-electron chi connectivity index (χ4n) is 3.40. The van der Waals surface area contributed by atoms with E-state index in [9.17, 15) is 13.2 Å². The van der Waals surface area contributed by atoms with Crippen LogP contribution in [0.2, 0.25) is 0 Å². The highest BCUT2D eigenvalue weighted by atomic mass is 32.2. The third-order valence-electron chi connectivity index (χ3n) is 5.37. The Morgan fingerprint density at radius 1 is 1.03 bits per heavy atom. The molecule has 0 unspecified atom stereocenters. The maximum absolute atomic E-state index is 13.0. The lowest BCUT2D eigenvalue weighted by Crippen LogP contribution is -2.24. The number of ether oxygens (including phenoxy) is 1. The molecule has 1 amide bonds. The van der Waals surface area contributed by atoms with Crippen LogP contribution in [-0.4, -0.2) is 39.5 Å². The number of hydrogen-bond acceptors (Lipinski definition) is 6. The summed E-state index contributed by atoms with van der Waals surface area (Å²) in [4.78, 5) is 19.2. The Morgan fingerprint density at radius 3 is 2.32 bits per heavy atom. The van der Waals surface area contributed by atoms with E-state index in [4.69, 9.17) is 4.74 Å². The Labute approximate surface area is 201 Å². The molecule has 3 aromatic rings. The third-order valence-corrected chi connectivity index (χ3v) is 6.77. The zero-order valence-corrected chi connectivity index (χ0v) is 20.6. The molecule has 0 aliphatic heterocycles. The van der Waals surface area contributed by atoms with E-state index in [1.807, 2.05) is 31.2 Å². The topological polar surface area (TPSA) is 101 Å². The molecule has 34 heavy (non-hydrogen) atoms. The second-order valence-electron chi connectivity index (χ2n) is 7.72. The maximum Gasteiger partial charge on any atom is 0.265 e. The Balaban J connectivity index is 1.75. The molecule has 2 N–H and O–H groups in total. The first-order valence-electron chi connectivity index (χ1n) is 11.0. The SMILES string of the molecule is CCN(CC)c1ccc(CNC(=O)c2ccc(OC)c(S(=O)(=O)Nc3ccc(C)cc3)c2)cn1. The number of amides is 1. The Kier molecular flexibility index (Phi) is 8.12. The van der Waals surface area contributed by atoms with E-state index < -0.39 is 15.9 Å². The van der Waals surface area contributed by atoms with E-state index in [1.165, 1.54) is 25.3 Å². The molecular formula is C25H30N4O4S. The molecule has 0 aliphatic rings. The van der Waals surface area contributed by atoms with Crippen molar-refractivity contribution >= 4 is 27.4 Å². The van der Waals surface area contributed by atoms with E-state index >= 15 is 0 Å². The normalized spacial score (nSPS) is 11.1. The fraction of sp³-hybridized carbons (Fsp3) is 0.280. The molecule has 0 fully saturated rings. The van der Waals surface area contributed by atoms with Gasteiger partial charge >= 0.3 is 0 Å². The number of methoxy groups -OCH3 is 1. The summed E-state index contributed by atoms with van der Waals surface area (Å²) in [6, 6.07) is 15.1. The molecule has 2 aromatic carbocycles. The summed E-state index contributed by atoms with van der Waals surface area (Å²) in [5.74, 6) is 0.626. The summed E-state index contributed by atoms with van der Waals surface area (Å²) in [5, 5.41) is 2.82. The van der Waals surface area contributed by atoms with Crippen LogP contribution in [0.15, 0.2) is 65.7 Å². The minimum atomic E-state index is -3.98. The van der Waals surface area contributed by atoms with Crippen molar-refractivity contribution in [2.24, 2.45) is 0 Å². The van der Waals surface area contributed by atoms with E-state index in [0.29, 0.717) is 5.69 Å². The number of aryl methyl sites for hydroxylation is 1. The molecule has 3 rings (SSSR count). The molecule has 0 radical (unpaired) electrons. The third kappa shape index (κ3) is 6.05. The van der Waals surface area contributed by atoms with Crippen molar-refractivity contribution in [3.8, 4) is 5.75 Å². The number of nitrogens with zero attached hydrogens (tertiary/aromatic N) is 2. The predicted octanol–water partition coefficient (Wildman–Crippen LogP) is 3.98. The predicted molar refractivity (Wildman–Crippen MR) is 134 cm³/mol. The van der Waals surface area contributed by atoms with Crippen LogP contribution in [0, 0.1) is 6.92 Å². The number of aromatic nitrogens is 1. The number of pyridine rings is 1. The number of carbonyl (C=O) groups excluding carboxylic acids is 1. The molecule has 180 valence electrons. The standard InChI is InChI=1S/C25H30N4O4S/c1-5-29(6-2)24-14-9-19(16-26-24)17-27-25(30)20-10-13-22(33-4)23(15-20)34(31,32)28-21-11-7-18(3)8-12-21/h7-16,28H,5-6,17H2,1-4H3,(H,27,30). The number of nitrogens with one attached hydrogen (secondary N) is 2. The largest absolute Gasteiger partial charge is 0.495 e. The second kappa shape index (κ2) is 11.0. The van der Waals surface area contributed by atoms with Gasteiger partial charge in [-0.3, -0.25) is 9.52 Å². The van der Waals surface area contributed by atoms with Crippen LogP contribution in [-0.2, 0) is 16.6 Å². The lowest BCUT2D eigenvalue weighted by atomic mass is 10.2. The van der Waals surface area contributed by atoms with Crippen molar-refractivity contribution in [1.29, 1.82) is 0 Å². The molecular weight excluding hydrogens is 452 g/mol. The highest BCUT2D eigenvalue weighted by molar-refractivity contribution is 7.92. The van der Waals surface area contributed by atoms with Gasteiger partial charge in [0.2, 0.25) is 0 Å². The van der Waals surface area contributed by atoms with E-state index in [0.717, 1.165) is 30.0 Å². The molecule has 0 atom stereocenters. The molecule has 0 spiro atoms. The molecule has 0 aliphatic carbocycles. The van der Waals surface area contributed by atoms with Gasteiger partial charge in [-0.25, -0.2) is 13.4 Å². The first kappa shape index (κ1) is 25.0. The van der Waals surface area contributed by atoms with Crippen LogP contribution < -0.4 is 19.7 Å². The van der Waals surface area contributed by atoms with Gasteiger partial charge in [0.05, 0.1) is 7.11 Å². The number of carbonyl (C=O) groups is 1. The molecule has 8 nitrogen and oxygen atoms in total. The van der Waals surface area contributed by atoms with Crippen LogP contribution in [0.25, 0.3) is 0 Å². The lowest BCUT2D eigenvalue weighted by molar-refractivity contribution is 0.0950. The van der Waals surface area contributed by atoms with Crippen LogP contribution in [0.5, 0.6) is 5.75 Å². The summed E-state index contributed by atoms with van der Waals surface area (Å²) in [5.41, 5.74) is 2.48. The Morgan fingerprint density at radius 2 is 1.74 bits per heavy atom. The van der Waals surface area contributed by atoms with Gasteiger partial charge in [-0.15, -0.1) is 0 Å². The van der Waals surface area contributed by atoms with Crippen LogP contribution in [0.4, 0.5) is 11.5 Å². The van der Waals surface area contributed by atoms with Crippen molar-refractivity contribution in [3.05, 3.63) is 77.5 Å². The van der Waals surface area contributed by atoms with E-state index in [-0.39, 0.29) is 22.8 Å². The molecule has 1 heterocycles. The molecule has 9 heteroatoms. The summed E-state index contributed by atoms with van der Waals surface area (Å²) in [6.45, 7) is 8.04. The number of anilines is 2. The van der Waals surface area contributed by atoms with Crippen LogP contribution >= 0.6 is 0 Å². The van der Waals surface area contributed by atoms with E-state index in [1.54, 1.807) is 18.3 Å². The summed E-state index contributed by atoms with van der Waals surface area (Å²) < 4.78 is 33.8. The van der Waals surface area contributed by atoms with E-state index in [2.05, 4.69) is 33.8 Å². The number of sulfonamides is 1. The fourth-order valence-corrected chi connectivity index (χ4v) is 4.65. The van der Waals surface area contributed by atoms with Gasteiger partial charge < -0.3 is 15.0 Å². The maximum atomic E-state index is 13.0. The molecule has 0 bridgehead atoms. The first-order chi connectivity index (χ1) is 16.3. The van der Waals surface area contributed by atoms with Crippen LogP contribution in [0.1, 0.15) is 35.3 Å². The van der Waals surface area contributed by atoms with Gasteiger partial charge in [0.15, 0.2) is 0 Å². The van der Waals surface area contributed by atoms with Gasteiger partial charge in [0.1, 0.15) is 16.5 Å². The highest BCUT2D eigenvalue weighted by Crippen LogP contribution is 2.27. The van der Waals surface area contributed by atoms with Crippen LogP contribution in [0.3, 0.4) is 0 Å². The second-order valence-corrected chi connectivity index (χ2v) is 9.37. The quantitative estimate of drug-likeness (QED) is 0.453. The number of rotatable bonds is 10. The Hall–Kier alpha value is -3.59. The summed E-state index contributed by atoms with van der Waals surface area (Å²) >= 11 is 0. The van der Waals surface area contributed by atoms with Gasteiger partial charge in [0, 0.05) is 37.1 Å². The lowest BCUT2D eigenvalue weighted by Gasteiger charge is -2.19. The zero-order chi connectivity index (χ0) is 24.7. The molecule has 0 saturated heterocycles. The van der Waals surface area contributed by atoms with Crippen molar-refractivity contribution in [2.45, 2.75) is 32.2 Å². The van der Waals surface area contributed by atoms with Gasteiger partial charge in [-0.2, -0.15) is 0 Å². The van der Waals surface area contributed by atoms with Crippen molar-refractivity contribution in [2.75, 3.05) is 29.8 Å². The monoisotopic (exact) mass is 482 g/mol. The average molecular weight is 483 g/mol. The van der Waals surface area contributed by atoms with Crippen molar-refractivity contribution < 1.29 is 17.9 Å². The Bertz CT molecular complexity index is 1220. The molecule has 1 aromatic heterocycles. The highest BCUT2D eigenvalue weighted by Gasteiger charge is 2.22. The average Bonchev–Trinajstić information content (AvgIpc) is 2.85. The smallest absolute Gasteiger partial charge is 0.265 e. The van der Waals surface area contributed by atoms with Gasteiger partial charge in [-0.05, 0) is 62.7 Å². The van der Waals surface area contributed by atoms with Crippen molar-refractivity contribution in [1.82, 2.24) is 10.3 Å². The van der Waals surface area contributed by atoms with Gasteiger partial charge in [0.25, 0.3) is 15.9 Å². The molecule has 0 saturated carbocycles. The minimum absolute atomic E-state index is 0.117. The zero-order valence-electron chi connectivity index (χ0n) is 19.8. The number of hydrogen-bond donors (Lipinski definition) is 2. The minimum Gasteiger partial charge on any atom is -0.495 e. The number of benzene rings is 2. The van der Waals surface area contributed by atoms with Gasteiger partial charge in [-0.1, -0.05) is 23.8 Å². The van der Waals surface area contributed by atoms with Crippen molar-refractivity contribution in [3.63, 3.8) is 0 Å². The summed E-state index contributed by atoms with van der Waals surface area (Å²) in [7, 11) is -2.60. The summed E-state index contributed by atoms with van der Waals surface area (Å²) in [6.07, 6.45) is 1.73. The first-order valence-corrected chi connectivity index (χ1v) is 12.5.